The molecule has 9 heteroatoms. The highest BCUT2D eigenvalue weighted by Gasteiger charge is 2.33. The molecule has 0 N–H and O–H groups in total. The van der Waals surface area contributed by atoms with Gasteiger partial charge in [-0.1, -0.05) is 0 Å². The van der Waals surface area contributed by atoms with Crippen LogP contribution in [0, 0.1) is 11.7 Å². The van der Waals surface area contributed by atoms with Crippen LogP contribution >= 0.6 is 0 Å². The Morgan fingerprint density at radius 1 is 1.11 bits per heavy atom. The van der Waals surface area contributed by atoms with Crippen molar-refractivity contribution < 1.29 is 27.1 Å². The van der Waals surface area contributed by atoms with E-state index in [1.54, 1.807) is 19.1 Å². The van der Waals surface area contributed by atoms with E-state index in [0.717, 1.165) is 12.1 Å². The fraction of sp³-hybridized carbons (Fsp3) is 0.611. The molecule has 152 valence electrons. The van der Waals surface area contributed by atoms with Crippen molar-refractivity contribution >= 4 is 15.9 Å². The second-order valence-corrected chi connectivity index (χ2v) is 8.38. The normalized spacial score (nSPS) is 16.4. The van der Waals surface area contributed by atoms with E-state index in [2.05, 4.69) is 0 Å². The zero-order chi connectivity index (χ0) is 19.9. The molecular formula is C18H27FN2O5S. The maximum atomic E-state index is 13.0. The molecule has 1 fully saturated rings. The summed E-state index contributed by atoms with van der Waals surface area (Å²) < 4.78 is 49.9. The number of rotatable bonds is 9. The lowest BCUT2D eigenvalue weighted by Gasteiger charge is -2.33. The Morgan fingerprint density at radius 2 is 1.63 bits per heavy atom. The molecule has 0 unspecified atom stereocenters. The van der Waals surface area contributed by atoms with Crippen LogP contribution in [0.5, 0.6) is 0 Å². The minimum atomic E-state index is -3.67. The number of halogens is 1. The van der Waals surface area contributed by atoms with Gasteiger partial charge in [-0.05, 0) is 37.1 Å². The Labute approximate surface area is 160 Å². The number of hydrogen-bond donors (Lipinski definition) is 0. The van der Waals surface area contributed by atoms with Crippen molar-refractivity contribution in [2.45, 2.75) is 17.7 Å². The Kier molecular flexibility index (Phi) is 8.15. The third-order valence-electron chi connectivity index (χ3n) is 4.70. The molecule has 1 saturated heterocycles. The van der Waals surface area contributed by atoms with Crippen LogP contribution in [0.2, 0.25) is 0 Å². The van der Waals surface area contributed by atoms with Crippen molar-refractivity contribution in [1.82, 2.24) is 9.21 Å². The molecule has 2 rings (SSSR count). The van der Waals surface area contributed by atoms with E-state index >= 15 is 0 Å². The molecule has 0 atom stereocenters. The van der Waals surface area contributed by atoms with Gasteiger partial charge < -0.3 is 14.4 Å². The Morgan fingerprint density at radius 3 is 2.11 bits per heavy atom. The average molecular weight is 402 g/mol. The molecule has 0 radical (unpaired) electrons. The summed E-state index contributed by atoms with van der Waals surface area (Å²) in [5.74, 6) is -0.702. The van der Waals surface area contributed by atoms with Gasteiger partial charge in [-0.2, -0.15) is 4.31 Å². The first-order valence-electron chi connectivity index (χ1n) is 8.92. The molecule has 1 aromatic carbocycles. The Balaban J connectivity index is 1.98. The maximum absolute atomic E-state index is 13.0. The van der Waals surface area contributed by atoms with Gasteiger partial charge in [0.25, 0.3) is 0 Å². The topological polar surface area (TPSA) is 76.2 Å². The summed E-state index contributed by atoms with van der Waals surface area (Å²) in [4.78, 5) is 14.6. The molecule has 1 amide bonds. The standard InChI is InChI=1S/C18H27FN2O5S/c1-25-13-11-20(12-14-26-2)18(22)15-7-9-21(10-8-15)27(23,24)17-5-3-16(19)4-6-17/h3-6,15H,7-14H2,1-2H3. The number of hydrogen-bond acceptors (Lipinski definition) is 5. The zero-order valence-corrected chi connectivity index (χ0v) is 16.6. The minimum absolute atomic E-state index is 0.00271. The lowest BCUT2D eigenvalue weighted by Crippen LogP contribution is -2.46. The van der Waals surface area contributed by atoms with Crippen molar-refractivity contribution in [3.05, 3.63) is 30.1 Å². The molecule has 0 saturated carbocycles. The fourth-order valence-corrected chi connectivity index (χ4v) is 4.56. The summed E-state index contributed by atoms with van der Waals surface area (Å²) >= 11 is 0. The number of ether oxygens (including phenoxy) is 2. The Bertz CT molecular complexity index is 695. The fourth-order valence-electron chi connectivity index (χ4n) is 3.09. The van der Waals surface area contributed by atoms with E-state index in [1.807, 2.05) is 0 Å². The molecule has 0 spiro atoms. The van der Waals surface area contributed by atoms with Gasteiger partial charge in [0, 0.05) is 46.3 Å². The van der Waals surface area contributed by atoms with Gasteiger partial charge in [-0.15, -0.1) is 0 Å². The lowest BCUT2D eigenvalue weighted by atomic mass is 9.96. The van der Waals surface area contributed by atoms with Crippen molar-refractivity contribution in [1.29, 1.82) is 0 Å². The molecule has 1 aliphatic heterocycles. The van der Waals surface area contributed by atoms with E-state index in [0.29, 0.717) is 39.1 Å². The Hall–Kier alpha value is -1.55. The molecule has 0 aromatic heterocycles. The maximum Gasteiger partial charge on any atom is 0.243 e. The summed E-state index contributed by atoms with van der Waals surface area (Å²) in [5.41, 5.74) is 0. The number of carbonyl (C=O) groups is 1. The monoisotopic (exact) mass is 402 g/mol. The van der Waals surface area contributed by atoms with Crippen LogP contribution in [0.1, 0.15) is 12.8 Å². The van der Waals surface area contributed by atoms with Gasteiger partial charge >= 0.3 is 0 Å². The van der Waals surface area contributed by atoms with E-state index < -0.39 is 15.8 Å². The molecule has 1 aromatic rings. The van der Waals surface area contributed by atoms with Crippen LogP contribution in [-0.2, 0) is 24.3 Å². The largest absolute Gasteiger partial charge is 0.383 e. The van der Waals surface area contributed by atoms with Crippen molar-refractivity contribution in [2.75, 3.05) is 53.6 Å². The third kappa shape index (κ3) is 5.71. The van der Waals surface area contributed by atoms with Crippen LogP contribution in [0.4, 0.5) is 4.39 Å². The smallest absolute Gasteiger partial charge is 0.243 e. The predicted molar refractivity (Wildman–Crippen MR) is 98.2 cm³/mol. The van der Waals surface area contributed by atoms with Crippen molar-refractivity contribution in [3.63, 3.8) is 0 Å². The SMILES string of the molecule is COCCN(CCOC)C(=O)C1CCN(S(=O)(=O)c2ccc(F)cc2)CC1. The average Bonchev–Trinajstić information content (AvgIpc) is 2.68. The van der Waals surface area contributed by atoms with E-state index in [9.17, 15) is 17.6 Å². The molecule has 0 bridgehead atoms. The third-order valence-corrected chi connectivity index (χ3v) is 6.61. The number of nitrogens with zero attached hydrogens (tertiary/aromatic N) is 2. The molecule has 27 heavy (non-hydrogen) atoms. The van der Waals surface area contributed by atoms with E-state index in [1.165, 1.54) is 16.4 Å². The molecule has 1 aliphatic rings. The van der Waals surface area contributed by atoms with Crippen molar-refractivity contribution in [3.8, 4) is 0 Å². The zero-order valence-electron chi connectivity index (χ0n) is 15.8. The summed E-state index contributed by atoms with van der Waals surface area (Å²) in [6.45, 7) is 2.36. The highest BCUT2D eigenvalue weighted by atomic mass is 32.2. The summed E-state index contributed by atoms with van der Waals surface area (Å²) in [6.07, 6.45) is 0.908. The summed E-state index contributed by atoms with van der Waals surface area (Å²) in [7, 11) is -0.513. The van der Waals surface area contributed by atoms with Gasteiger partial charge in [-0.3, -0.25) is 4.79 Å². The molecule has 0 aliphatic carbocycles. The number of carbonyl (C=O) groups excluding carboxylic acids is 1. The number of benzene rings is 1. The minimum Gasteiger partial charge on any atom is -0.383 e. The number of piperidine rings is 1. The van der Waals surface area contributed by atoms with Crippen LogP contribution in [-0.4, -0.2) is 77.1 Å². The number of methoxy groups -OCH3 is 2. The second kappa shape index (κ2) is 10.1. The second-order valence-electron chi connectivity index (χ2n) is 6.44. The van der Waals surface area contributed by atoms with Crippen molar-refractivity contribution in [2.24, 2.45) is 5.92 Å². The van der Waals surface area contributed by atoms with Gasteiger partial charge in [0.1, 0.15) is 5.82 Å². The quantitative estimate of drug-likeness (QED) is 0.623. The first-order chi connectivity index (χ1) is 12.9. The molecule has 1 heterocycles. The number of sulfonamides is 1. The van der Waals surface area contributed by atoms with E-state index in [-0.39, 0.29) is 29.8 Å². The summed E-state index contributed by atoms with van der Waals surface area (Å²) in [5, 5.41) is 0. The van der Waals surface area contributed by atoms with Gasteiger partial charge in [0.2, 0.25) is 15.9 Å². The highest BCUT2D eigenvalue weighted by molar-refractivity contribution is 7.89. The van der Waals surface area contributed by atoms with Gasteiger partial charge in [-0.25, -0.2) is 12.8 Å². The van der Waals surface area contributed by atoms with Crippen LogP contribution in [0.15, 0.2) is 29.2 Å². The van der Waals surface area contributed by atoms with Gasteiger partial charge in [0.15, 0.2) is 0 Å². The molecule has 7 nitrogen and oxygen atoms in total. The molecular weight excluding hydrogens is 375 g/mol. The first-order valence-corrected chi connectivity index (χ1v) is 10.4. The highest BCUT2D eigenvalue weighted by Crippen LogP contribution is 2.25. The number of amides is 1. The van der Waals surface area contributed by atoms with Gasteiger partial charge in [0.05, 0.1) is 18.1 Å². The van der Waals surface area contributed by atoms with Crippen LogP contribution in [0.3, 0.4) is 0 Å². The van der Waals surface area contributed by atoms with Crippen LogP contribution in [0.25, 0.3) is 0 Å². The van der Waals surface area contributed by atoms with E-state index in [4.69, 9.17) is 9.47 Å². The van der Waals surface area contributed by atoms with Crippen LogP contribution < -0.4 is 0 Å². The first kappa shape index (κ1) is 21.7. The summed E-state index contributed by atoms with van der Waals surface area (Å²) in [6, 6.07) is 4.79. The lowest BCUT2D eigenvalue weighted by molar-refractivity contribution is -0.138. The predicted octanol–water partition coefficient (Wildman–Crippen LogP) is 1.35.